The molecule has 0 spiro atoms. The lowest BCUT2D eigenvalue weighted by Gasteiger charge is -2.13. The van der Waals surface area contributed by atoms with Crippen molar-refractivity contribution in [2.24, 2.45) is 10.7 Å². The van der Waals surface area contributed by atoms with Crippen molar-refractivity contribution >= 4 is 51.3 Å². The zero-order chi connectivity index (χ0) is 15.9. The summed E-state index contributed by atoms with van der Waals surface area (Å²) in [6.07, 6.45) is 0. The van der Waals surface area contributed by atoms with Crippen LogP contribution in [0.4, 0.5) is 0 Å². The summed E-state index contributed by atoms with van der Waals surface area (Å²) < 4.78 is 31.6. The maximum Gasteiger partial charge on any atom is 0.250 e. The largest absolute Gasteiger partial charge is 0.383 e. The number of halogens is 1. The highest BCUT2D eigenvalue weighted by Gasteiger charge is 2.14. The summed E-state index contributed by atoms with van der Waals surface area (Å²) in [5.41, 5.74) is 5.68. The molecule has 1 heterocycles. The second-order valence-corrected chi connectivity index (χ2v) is 7.81. The van der Waals surface area contributed by atoms with E-state index in [1.807, 2.05) is 13.8 Å². The van der Waals surface area contributed by atoms with E-state index in [1.54, 1.807) is 19.2 Å². The first kappa shape index (κ1) is 21.6. The summed E-state index contributed by atoms with van der Waals surface area (Å²) in [7, 11) is -1.85. The zero-order valence-corrected chi connectivity index (χ0v) is 16.8. The number of hydrogen-bond donors (Lipinski definition) is 3. The van der Waals surface area contributed by atoms with Gasteiger partial charge in [0, 0.05) is 24.6 Å². The molecule has 1 unspecified atom stereocenters. The lowest BCUT2D eigenvalue weighted by Crippen LogP contribution is -2.41. The second-order valence-electron chi connectivity index (χ2n) is 4.53. The fourth-order valence-corrected chi connectivity index (χ4v) is 3.92. The van der Waals surface area contributed by atoms with E-state index in [9.17, 15) is 8.42 Å². The number of hydrogen-bond acceptors (Lipinski definition) is 5. The van der Waals surface area contributed by atoms with E-state index in [2.05, 4.69) is 15.0 Å². The molecule has 0 fully saturated rings. The van der Waals surface area contributed by atoms with Gasteiger partial charge in [-0.2, -0.15) is 0 Å². The van der Waals surface area contributed by atoms with E-state index in [1.165, 1.54) is 11.3 Å². The molecular weight excluding hydrogens is 439 g/mol. The molecule has 0 aliphatic rings. The van der Waals surface area contributed by atoms with E-state index >= 15 is 0 Å². The first-order chi connectivity index (χ1) is 9.85. The monoisotopic (exact) mass is 462 g/mol. The van der Waals surface area contributed by atoms with Gasteiger partial charge in [-0.25, -0.2) is 13.1 Å². The highest BCUT2D eigenvalue weighted by atomic mass is 127. The molecule has 0 aliphatic heterocycles. The summed E-state index contributed by atoms with van der Waals surface area (Å²) in [5, 5.41) is 2.94. The van der Waals surface area contributed by atoms with Gasteiger partial charge in [-0.3, -0.25) is 4.99 Å². The van der Waals surface area contributed by atoms with E-state index in [-0.39, 0.29) is 49.1 Å². The Balaban J connectivity index is 0.00000441. The van der Waals surface area contributed by atoms with E-state index in [0.717, 1.165) is 4.88 Å². The predicted octanol–water partition coefficient (Wildman–Crippen LogP) is 0.892. The van der Waals surface area contributed by atoms with Crippen molar-refractivity contribution in [3.05, 3.63) is 17.0 Å². The molecule has 0 aromatic carbocycles. The van der Waals surface area contributed by atoms with E-state index < -0.39 is 10.0 Å². The molecule has 128 valence electrons. The van der Waals surface area contributed by atoms with Crippen molar-refractivity contribution < 1.29 is 13.2 Å². The molecule has 0 bridgehead atoms. The molecule has 0 aliphatic carbocycles. The van der Waals surface area contributed by atoms with Gasteiger partial charge in [-0.15, -0.1) is 35.3 Å². The normalized spacial score (nSPS) is 13.5. The van der Waals surface area contributed by atoms with Crippen LogP contribution in [0.5, 0.6) is 0 Å². The Hall–Kier alpha value is -0.430. The third-order valence-electron chi connectivity index (χ3n) is 2.48. The molecule has 1 rings (SSSR count). The molecule has 7 nitrogen and oxygen atoms in total. The van der Waals surface area contributed by atoms with Crippen LogP contribution in [0.1, 0.15) is 11.8 Å². The van der Waals surface area contributed by atoms with Crippen LogP contribution in [0.15, 0.2) is 21.3 Å². The molecule has 10 heteroatoms. The number of aryl methyl sites for hydroxylation is 1. The zero-order valence-electron chi connectivity index (χ0n) is 12.8. The van der Waals surface area contributed by atoms with Crippen LogP contribution in [0.25, 0.3) is 0 Å². The first-order valence-electron chi connectivity index (χ1n) is 6.46. The number of nitrogens with zero attached hydrogens (tertiary/aromatic N) is 1. The third-order valence-corrected chi connectivity index (χ3v) is 5.43. The second kappa shape index (κ2) is 10.4. The molecule has 0 saturated carbocycles. The molecule has 1 atom stereocenters. The number of guanidine groups is 1. The molecule has 1 aromatic heterocycles. The third kappa shape index (κ3) is 7.72. The Bertz CT molecular complexity index is 575. The number of nitrogens with one attached hydrogen (secondary N) is 2. The Morgan fingerprint density at radius 1 is 1.50 bits per heavy atom. The smallest absolute Gasteiger partial charge is 0.250 e. The molecule has 0 radical (unpaired) electrons. The molecule has 0 amide bonds. The van der Waals surface area contributed by atoms with Crippen LogP contribution in [0.3, 0.4) is 0 Å². The van der Waals surface area contributed by atoms with E-state index in [4.69, 9.17) is 10.5 Å². The fourth-order valence-electron chi connectivity index (χ4n) is 1.57. The number of methoxy groups -OCH3 is 1. The van der Waals surface area contributed by atoms with Crippen LogP contribution >= 0.6 is 35.3 Å². The lowest BCUT2D eigenvalue weighted by atomic mass is 10.4. The van der Waals surface area contributed by atoms with Gasteiger partial charge in [0.15, 0.2) is 5.96 Å². The van der Waals surface area contributed by atoms with Crippen LogP contribution in [0.2, 0.25) is 0 Å². The molecule has 1 aromatic rings. The minimum Gasteiger partial charge on any atom is -0.383 e. The maximum atomic E-state index is 11.9. The van der Waals surface area contributed by atoms with Gasteiger partial charge >= 0.3 is 0 Å². The van der Waals surface area contributed by atoms with Crippen molar-refractivity contribution in [1.29, 1.82) is 0 Å². The average molecular weight is 462 g/mol. The van der Waals surface area contributed by atoms with Gasteiger partial charge in [0.25, 0.3) is 0 Å². The standard InChI is InChI=1S/C12H22N4O3S2.HI/c1-9(8-19-3)16-12(13)14-6-7-15-21(17,18)11-5-4-10(2)20-11;/h4-5,9,15H,6-8H2,1-3H3,(H3,13,14,16);1H. The first-order valence-corrected chi connectivity index (χ1v) is 8.76. The summed E-state index contributed by atoms with van der Waals surface area (Å²) in [6, 6.07) is 3.41. The van der Waals surface area contributed by atoms with Gasteiger partial charge in [0.05, 0.1) is 13.2 Å². The number of rotatable bonds is 8. The van der Waals surface area contributed by atoms with Crippen molar-refractivity contribution in [3.63, 3.8) is 0 Å². The van der Waals surface area contributed by atoms with Gasteiger partial charge in [-0.1, -0.05) is 0 Å². The number of aliphatic imine (C=N–C) groups is 1. The van der Waals surface area contributed by atoms with Crippen LogP contribution in [-0.2, 0) is 14.8 Å². The summed E-state index contributed by atoms with van der Waals surface area (Å²) in [5.74, 6) is 0.269. The number of sulfonamides is 1. The molecular formula is C12H23IN4O3S2. The van der Waals surface area contributed by atoms with Crippen LogP contribution in [0, 0.1) is 6.92 Å². The topological polar surface area (TPSA) is 106 Å². The molecule has 0 saturated heterocycles. The van der Waals surface area contributed by atoms with E-state index in [0.29, 0.717) is 10.8 Å². The minimum absolute atomic E-state index is 0. The summed E-state index contributed by atoms with van der Waals surface area (Å²) >= 11 is 1.24. The maximum absolute atomic E-state index is 11.9. The average Bonchev–Trinajstić information content (AvgIpc) is 2.82. The Labute approximate surface area is 152 Å². The van der Waals surface area contributed by atoms with Gasteiger partial charge in [0.1, 0.15) is 4.21 Å². The summed E-state index contributed by atoms with van der Waals surface area (Å²) in [4.78, 5) is 5.01. The Kier molecular flexibility index (Phi) is 10.2. The Morgan fingerprint density at radius 2 is 2.18 bits per heavy atom. The minimum atomic E-state index is -3.45. The van der Waals surface area contributed by atoms with Gasteiger partial charge < -0.3 is 15.8 Å². The highest BCUT2D eigenvalue weighted by molar-refractivity contribution is 14.0. The number of ether oxygens (including phenoxy) is 1. The van der Waals surface area contributed by atoms with Crippen LogP contribution in [-0.4, -0.2) is 47.2 Å². The number of nitrogens with two attached hydrogens (primary N) is 1. The van der Waals surface area contributed by atoms with Gasteiger partial charge in [0.2, 0.25) is 10.0 Å². The molecule has 22 heavy (non-hydrogen) atoms. The van der Waals surface area contributed by atoms with Gasteiger partial charge in [-0.05, 0) is 26.0 Å². The predicted molar refractivity (Wildman–Crippen MR) is 101 cm³/mol. The Morgan fingerprint density at radius 3 is 2.73 bits per heavy atom. The van der Waals surface area contributed by atoms with Crippen molar-refractivity contribution in [2.45, 2.75) is 24.1 Å². The lowest BCUT2D eigenvalue weighted by molar-refractivity contribution is 0.179. The van der Waals surface area contributed by atoms with Crippen molar-refractivity contribution in [1.82, 2.24) is 10.0 Å². The fraction of sp³-hybridized carbons (Fsp3) is 0.583. The van der Waals surface area contributed by atoms with Crippen LogP contribution < -0.4 is 15.8 Å². The van der Waals surface area contributed by atoms with Crippen molar-refractivity contribution in [3.8, 4) is 0 Å². The summed E-state index contributed by atoms with van der Waals surface area (Å²) in [6.45, 7) is 4.75. The molecule has 4 N–H and O–H groups in total. The van der Waals surface area contributed by atoms with Crippen molar-refractivity contribution in [2.75, 3.05) is 26.8 Å². The quantitative estimate of drug-likeness (QED) is 0.230. The SMILES string of the molecule is COCC(C)NC(N)=NCCNS(=O)(=O)c1ccc(C)s1.I. The number of thiophene rings is 1. The highest BCUT2D eigenvalue weighted by Crippen LogP contribution is 2.19.